The van der Waals surface area contributed by atoms with Crippen LogP contribution in [-0.4, -0.2) is 35.0 Å². The van der Waals surface area contributed by atoms with E-state index in [2.05, 4.69) is 34.0 Å². The molecule has 0 bridgehead atoms. The molecule has 2 rings (SSSR count). The van der Waals surface area contributed by atoms with Gasteiger partial charge in [0.1, 0.15) is 5.69 Å². The van der Waals surface area contributed by atoms with Crippen LogP contribution in [0.15, 0.2) is 12.3 Å². The lowest BCUT2D eigenvalue weighted by Gasteiger charge is -2.21. The van der Waals surface area contributed by atoms with Crippen molar-refractivity contribution in [2.24, 2.45) is 0 Å². The minimum Gasteiger partial charge on any atom is -0.348 e. The molecule has 0 unspecified atom stereocenters. The van der Waals surface area contributed by atoms with Crippen molar-refractivity contribution in [3.8, 4) is 0 Å². The highest BCUT2D eigenvalue weighted by atomic mass is 16.2. The van der Waals surface area contributed by atoms with Gasteiger partial charge in [-0.3, -0.25) is 4.79 Å². The van der Waals surface area contributed by atoms with Gasteiger partial charge in [-0.25, -0.2) is 9.97 Å². The normalized spacial score (nSPS) is 14.2. The molecule has 5 heteroatoms. The molecular weight excluding hydrogens is 240 g/mol. The average molecular weight is 262 g/mol. The molecule has 104 valence electrons. The topological polar surface area (TPSA) is 58.1 Å². The van der Waals surface area contributed by atoms with Crippen molar-refractivity contribution in [2.45, 2.75) is 45.6 Å². The third kappa shape index (κ3) is 3.91. The van der Waals surface area contributed by atoms with E-state index in [0.29, 0.717) is 17.7 Å². The van der Waals surface area contributed by atoms with Crippen molar-refractivity contribution < 1.29 is 4.79 Å². The standard InChI is InChI=1S/C14H22N4O/c1-3-9-18(10-4-2)14-15-8-7-12(17-14)13(19)16-11-5-6-11/h7-8,11H,3-6,9-10H2,1-2H3,(H,16,19). The van der Waals surface area contributed by atoms with Crippen molar-refractivity contribution in [1.82, 2.24) is 15.3 Å². The van der Waals surface area contributed by atoms with Crippen molar-refractivity contribution >= 4 is 11.9 Å². The molecule has 1 aliphatic carbocycles. The Hall–Kier alpha value is -1.65. The smallest absolute Gasteiger partial charge is 0.270 e. The summed E-state index contributed by atoms with van der Waals surface area (Å²) < 4.78 is 0. The molecule has 1 aliphatic rings. The number of carbonyl (C=O) groups is 1. The quantitative estimate of drug-likeness (QED) is 0.816. The van der Waals surface area contributed by atoms with E-state index in [4.69, 9.17) is 0 Å². The molecule has 1 saturated carbocycles. The summed E-state index contributed by atoms with van der Waals surface area (Å²) in [4.78, 5) is 22.8. The summed E-state index contributed by atoms with van der Waals surface area (Å²) in [7, 11) is 0. The molecule has 0 aliphatic heterocycles. The van der Waals surface area contributed by atoms with Crippen LogP contribution in [0.5, 0.6) is 0 Å². The van der Waals surface area contributed by atoms with Gasteiger partial charge in [-0.15, -0.1) is 0 Å². The number of nitrogens with zero attached hydrogens (tertiary/aromatic N) is 3. The second kappa shape index (κ2) is 6.50. The first-order chi connectivity index (χ1) is 9.24. The summed E-state index contributed by atoms with van der Waals surface area (Å²) in [6.07, 6.45) is 5.93. The monoisotopic (exact) mass is 262 g/mol. The highest BCUT2D eigenvalue weighted by molar-refractivity contribution is 5.92. The lowest BCUT2D eigenvalue weighted by molar-refractivity contribution is 0.0946. The maximum atomic E-state index is 12.0. The maximum Gasteiger partial charge on any atom is 0.270 e. The van der Waals surface area contributed by atoms with Gasteiger partial charge >= 0.3 is 0 Å². The van der Waals surface area contributed by atoms with Gasteiger partial charge in [-0.1, -0.05) is 13.8 Å². The first kappa shape index (κ1) is 13.8. The van der Waals surface area contributed by atoms with Gasteiger partial charge in [0.2, 0.25) is 5.95 Å². The summed E-state index contributed by atoms with van der Waals surface area (Å²) in [6.45, 7) is 6.10. The van der Waals surface area contributed by atoms with Gasteiger partial charge in [0.25, 0.3) is 5.91 Å². The second-order valence-corrected chi connectivity index (χ2v) is 4.98. The third-order valence-electron chi connectivity index (χ3n) is 3.06. The lowest BCUT2D eigenvalue weighted by Crippen LogP contribution is -2.30. The number of rotatable bonds is 7. The highest BCUT2D eigenvalue weighted by Crippen LogP contribution is 2.19. The van der Waals surface area contributed by atoms with Gasteiger partial charge in [0, 0.05) is 25.3 Å². The van der Waals surface area contributed by atoms with Gasteiger partial charge < -0.3 is 10.2 Å². The summed E-state index contributed by atoms with van der Waals surface area (Å²) in [6, 6.07) is 2.03. The number of amides is 1. The first-order valence-electron chi connectivity index (χ1n) is 7.13. The average Bonchev–Trinajstić information content (AvgIpc) is 3.22. The zero-order valence-electron chi connectivity index (χ0n) is 11.7. The van der Waals surface area contributed by atoms with Crippen molar-refractivity contribution in [3.05, 3.63) is 18.0 Å². The van der Waals surface area contributed by atoms with Gasteiger partial charge in [0.15, 0.2) is 0 Å². The summed E-state index contributed by atoms with van der Waals surface area (Å²) in [5.74, 6) is 0.575. The van der Waals surface area contributed by atoms with Crippen LogP contribution in [0.1, 0.15) is 50.0 Å². The molecule has 1 aromatic heterocycles. The summed E-state index contributed by atoms with van der Waals surface area (Å²) in [5, 5.41) is 2.95. The molecule has 0 spiro atoms. The van der Waals surface area contributed by atoms with E-state index in [1.807, 2.05) is 0 Å². The molecule has 0 radical (unpaired) electrons. The molecule has 19 heavy (non-hydrogen) atoms. The summed E-state index contributed by atoms with van der Waals surface area (Å²) >= 11 is 0. The van der Waals surface area contributed by atoms with Crippen LogP contribution < -0.4 is 10.2 Å². The van der Waals surface area contributed by atoms with Crippen LogP contribution in [0.4, 0.5) is 5.95 Å². The Balaban J connectivity index is 2.09. The zero-order valence-corrected chi connectivity index (χ0v) is 11.7. The van der Waals surface area contributed by atoms with E-state index in [1.165, 1.54) is 0 Å². The molecular formula is C14H22N4O. The molecule has 1 heterocycles. The molecule has 1 N–H and O–H groups in total. The van der Waals surface area contributed by atoms with E-state index in [1.54, 1.807) is 12.3 Å². The van der Waals surface area contributed by atoms with Crippen LogP contribution in [0.3, 0.4) is 0 Å². The molecule has 1 fully saturated rings. The van der Waals surface area contributed by atoms with Gasteiger partial charge in [-0.2, -0.15) is 0 Å². The largest absolute Gasteiger partial charge is 0.348 e. The molecule has 0 saturated heterocycles. The van der Waals surface area contributed by atoms with Crippen molar-refractivity contribution in [1.29, 1.82) is 0 Å². The highest BCUT2D eigenvalue weighted by Gasteiger charge is 2.24. The first-order valence-corrected chi connectivity index (χ1v) is 7.13. The van der Waals surface area contributed by atoms with Gasteiger partial charge in [0.05, 0.1) is 0 Å². The molecule has 5 nitrogen and oxygen atoms in total. The van der Waals surface area contributed by atoms with Crippen LogP contribution in [0.2, 0.25) is 0 Å². The number of nitrogens with one attached hydrogen (secondary N) is 1. The SMILES string of the molecule is CCCN(CCC)c1nccc(C(=O)NC2CC2)n1. The Morgan fingerprint density at radius 2 is 2.05 bits per heavy atom. The van der Waals surface area contributed by atoms with E-state index in [9.17, 15) is 4.79 Å². The fourth-order valence-corrected chi connectivity index (χ4v) is 1.97. The fraction of sp³-hybridized carbons (Fsp3) is 0.643. The van der Waals surface area contributed by atoms with E-state index >= 15 is 0 Å². The fourth-order valence-electron chi connectivity index (χ4n) is 1.97. The lowest BCUT2D eigenvalue weighted by atomic mass is 10.3. The summed E-state index contributed by atoms with van der Waals surface area (Å²) in [5.41, 5.74) is 0.467. The minimum atomic E-state index is -0.0842. The van der Waals surface area contributed by atoms with Crippen LogP contribution in [-0.2, 0) is 0 Å². The van der Waals surface area contributed by atoms with Crippen LogP contribution in [0.25, 0.3) is 0 Å². The number of anilines is 1. The third-order valence-corrected chi connectivity index (χ3v) is 3.06. The van der Waals surface area contributed by atoms with Gasteiger partial charge in [-0.05, 0) is 31.7 Å². The number of aromatic nitrogens is 2. The minimum absolute atomic E-state index is 0.0842. The van der Waals surface area contributed by atoms with Crippen LogP contribution >= 0.6 is 0 Å². The molecule has 0 atom stereocenters. The van der Waals surface area contributed by atoms with E-state index in [0.717, 1.165) is 38.8 Å². The zero-order chi connectivity index (χ0) is 13.7. The number of hydrogen-bond acceptors (Lipinski definition) is 4. The Bertz CT molecular complexity index is 425. The Morgan fingerprint density at radius 1 is 1.37 bits per heavy atom. The van der Waals surface area contributed by atoms with E-state index < -0.39 is 0 Å². The van der Waals surface area contributed by atoms with Crippen molar-refractivity contribution in [2.75, 3.05) is 18.0 Å². The number of carbonyl (C=O) groups excluding carboxylic acids is 1. The maximum absolute atomic E-state index is 12.0. The van der Waals surface area contributed by atoms with Crippen LogP contribution in [0, 0.1) is 0 Å². The Labute approximate surface area is 114 Å². The Morgan fingerprint density at radius 3 is 2.63 bits per heavy atom. The predicted molar refractivity (Wildman–Crippen MR) is 75.3 cm³/mol. The van der Waals surface area contributed by atoms with Crippen molar-refractivity contribution in [3.63, 3.8) is 0 Å². The Kier molecular flexibility index (Phi) is 4.71. The molecule has 1 aromatic rings. The van der Waals surface area contributed by atoms with E-state index in [-0.39, 0.29) is 5.91 Å². The molecule has 1 amide bonds. The second-order valence-electron chi connectivity index (χ2n) is 4.98. The predicted octanol–water partition coefficient (Wildman–Crippen LogP) is 2.00. The molecule has 0 aromatic carbocycles. The number of hydrogen-bond donors (Lipinski definition) is 1.